The Hall–Kier alpha value is -5.50. The number of fused-ring (bicyclic) bond motifs is 3. The van der Waals surface area contributed by atoms with Crippen molar-refractivity contribution in [2.24, 2.45) is 7.05 Å². The van der Waals surface area contributed by atoms with Gasteiger partial charge < -0.3 is 35.6 Å². The second-order valence-corrected chi connectivity index (χ2v) is 14.8. The highest BCUT2D eigenvalue weighted by Gasteiger charge is 2.33. The zero-order valence-corrected chi connectivity index (χ0v) is 31.3. The molecule has 14 nitrogen and oxygen atoms in total. The first-order valence-electron chi connectivity index (χ1n) is 18.1. The molecule has 1 aliphatic heterocycles. The summed E-state index contributed by atoms with van der Waals surface area (Å²) < 4.78 is 7.35. The second-order valence-electron chi connectivity index (χ2n) is 14.8. The SMILES string of the molecule is COc1cc(C(=O)NC2CCN(C)CC2)ccc1Nc1ncc2c(n1)-c1c(c(C(=O)N[C@H](CN(C(=O)O)C(C)(C)C)c3ccccc3)nn1C)CCC2. The normalized spacial score (nSPS) is 15.4. The third kappa shape index (κ3) is 8.43. The molecule has 2 aromatic carbocycles. The molecule has 1 fully saturated rings. The number of hydrogen-bond acceptors (Lipinski definition) is 9. The first-order chi connectivity index (χ1) is 25.3. The summed E-state index contributed by atoms with van der Waals surface area (Å²) in [5, 5.41) is 24.2. The predicted molar refractivity (Wildman–Crippen MR) is 202 cm³/mol. The number of nitrogens with one attached hydrogen (secondary N) is 3. The quantitative estimate of drug-likeness (QED) is 0.171. The lowest BCUT2D eigenvalue weighted by atomic mass is 10.0. The predicted octanol–water partition coefficient (Wildman–Crippen LogP) is 5.19. The third-order valence-electron chi connectivity index (χ3n) is 10.00. The number of likely N-dealkylation sites (tertiary alicyclic amines) is 1. The van der Waals surface area contributed by atoms with Crippen LogP contribution in [0.4, 0.5) is 16.4 Å². The molecule has 1 atom stereocenters. The number of aryl methyl sites for hydroxylation is 2. The maximum absolute atomic E-state index is 14.1. The van der Waals surface area contributed by atoms with E-state index in [0.717, 1.165) is 54.7 Å². The lowest BCUT2D eigenvalue weighted by Gasteiger charge is -2.36. The molecule has 0 bridgehead atoms. The van der Waals surface area contributed by atoms with E-state index in [1.54, 1.807) is 43.2 Å². The van der Waals surface area contributed by atoms with Gasteiger partial charge in [-0.15, -0.1) is 0 Å². The van der Waals surface area contributed by atoms with E-state index in [1.165, 1.54) is 4.90 Å². The van der Waals surface area contributed by atoms with Crippen molar-refractivity contribution in [3.63, 3.8) is 0 Å². The monoisotopic (exact) mass is 723 g/mol. The van der Waals surface area contributed by atoms with Crippen LogP contribution in [0.3, 0.4) is 0 Å². The zero-order valence-electron chi connectivity index (χ0n) is 31.3. The summed E-state index contributed by atoms with van der Waals surface area (Å²) in [6, 6.07) is 14.1. The Kier molecular flexibility index (Phi) is 11.0. The molecule has 0 unspecified atom stereocenters. The topological polar surface area (TPSA) is 167 Å². The molecular weight excluding hydrogens is 674 g/mol. The lowest BCUT2D eigenvalue weighted by molar-refractivity contribution is 0.0818. The van der Waals surface area contributed by atoms with Crippen LogP contribution >= 0.6 is 0 Å². The van der Waals surface area contributed by atoms with Gasteiger partial charge in [-0.05, 0) is 102 Å². The van der Waals surface area contributed by atoms with Gasteiger partial charge in [0.25, 0.3) is 11.8 Å². The number of hydrogen-bond donors (Lipinski definition) is 4. The van der Waals surface area contributed by atoms with Crippen molar-refractivity contribution in [1.82, 2.24) is 40.2 Å². The number of ether oxygens (including phenoxy) is 1. The number of carbonyl (C=O) groups excluding carboxylic acids is 2. The Morgan fingerprint density at radius 2 is 1.77 bits per heavy atom. The average molecular weight is 724 g/mol. The largest absolute Gasteiger partial charge is 0.495 e. The van der Waals surface area contributed by atoms with E-state index in [9.17, 15) is 19.5 Å². The van der Waals surface area contributed by atoms with Crippen molar-refractivity contribution in [2.75, 3.05) is 39.1 Å². The minimum absolute atomic E-state index is 0.0577. The van der Waals surface area contributed by atoms with Crippen LogP contribution in [0.5, 0.6) is 5.75 Å². The summed E-state index contributed by atoms with van der Waals surface area (Å²) in [6.45, 7) is 7.44. The minimum Gasteiger partial charge on any atom is -0.495 e. The van der Waals surface area contributed by atoms with E-state index >= 15 is 0 Å². The number of nitrogens with zero attached hydrogens (tertiary/aromatic N) is 6. The Balaban J connectivity index is 1.25. The molecule has 2 aliphatic rings. The van der Waals surface area contributed by atoms with E-state index in [2.05, 4.69) is 38.0 Å². The van der Waals surface area contributed by atoms with Crippen LogP contribution in [0.15, 0.2) is 54.7 Å². The Morgan fingerprint density at radius 3 is 2.45 bits per heavy atom. The number of carboxylic acid groups (broad SMARTS) is 1. The van der Waals surface area contributed by atoms with Crippen molar-refractivity contribution in [2.45, 2.75) is 70.5 Å². The van der Waals surface area contributed by atoms with Gasteiger partial charge in [0.15, 0.2) is 5.69 Å². The molecule has 14 heteroatoms. The third-order valence-corrected chi connectivity index (χ3v) is 10.00. The standard InChI is InChI=1S/C39H49N9O5/c1-39(2,3)48(38(51)52)23-30(24-11-8-7-9-12-24)42-36(50)33-28-14-10-13-26-22-40-37(44-32(26)34(28)47(5)45-33)43-29-16-15-25(21-31(29)53-6)35(49)41-27-17-19-46(4)20-18-27/h7-9,11-12,15-16,21-22,27,30H,10,13-14,17-20,23H2,1-6H3,(H,41,49)(H,42,50)(H,51,52)(H,40,43,44)/t30-/m1/s1. The van der Waals surface area contributed by atoms with Crippen molar-refractivity contribution in [3.05, 3.63) is 82.7 Å². The first-order valence-corrected chi connectivity index (χ1v) is 18.1. The molecule has 1 saturated heterocycles. The molecule has 6 rings (SSSR count). The molecule has 0 saturated carbocycles. The molecule has 0 spiro atoms. The second kappa shape index (κ2) is 15.6. The van der Waals surface area contributed by atoms with Gasteiger partial charge in [0.2, 0.25) is 5.95 Å². The fourth-order valence-electron chi connectivity index (χ4n) is 7.04. The van der Waals surface area contributed by atoms with Gasteiger partial charge >= 0.3 is 6.09 Å². The smallest absolute Gasteiger partial charge is 0.407 e. The summed E-state index contributed by atoms with van der Waals surface area (Å²) in [4.78, 5) is 52.6. The highest BCUT2D eigenvalue weighted by Crippen LogP contribution is 2.35. The summed E-state index contributed by atoms with van der Waals surface area (Å²) >= 11 is 0. The van der Waals surface area contributed by atoms with Crippen LogP contribution in [-0.2, 0) is 19.9 Å². The van der Waals surface area contributed by atoms with Gasteiger partial charge in [-0.25, -0.2) is 14.8 Å². The summed E-state index contributed by atoms with van der Waals surface area (Å²) in [5.41, 5.74) is 4.56. The van der Waals surface area contributed by atoms with Crippen molar-refractivity contribution < 1.29 is 24.2 Å². The average Bonchev–Trinajstić information content (AvgIpc) is 3.34. The van der Waals surface area contributed by atoms with Gasteiger partial charge in [0.1, 0.15) is 5.75 Å². The fourth-order valence-corrected chi connectivity index (χ4v) is 7.04. The molecule has 1 aliphatic carbocycles. The number of carbonyl (C=O) groups is 3. The molecule has 280 valence electrons. The number of aromatic nitrogens is 4. The number of rotatable bonds is 10. The number of piperidine rings is 1. The first kappa shape index (κ1) is 37.3. The zero-order chi connectivity index (χ0) is 37.9. The Morgan fingerprint density at radius 1 is 1.04 bits per heavy atom. The molecule has 3 amide bonds. The van der Waals surface area contributed by atoms with Crippen LogP contribution in [0.1, 0.15) is 83.6 Å². The molecule has 4 N–H and O–H groups in total. The van der Waals surface area contributed by atoms with E-state index < -0.39 is 23.6 Å². The van der Waals surface area contributed by atoms with Crippen LogP contribution < -0.4 is 20.7 Å². The minimum atomic E-state index is -1.07. The Labute approximate surface area is 309 Å². The highest BCUT2D eigenvalue weighted by molar-refractivity contribution is 5.96. The fraction of sp³-hybridized carbons (Fsp3) is 0.436. The lowest BCUT2D eigenvalue weighted by Crippen LogP contribution is -2.49. The number of methoxy groups -OCH3 is 1. The summed E-state index contributed by atoms with van der Waals surface area (Å²) in [5.74, 6) is 0.264. The maximum Gasteiger partial charge on any atom is 0.407 e. The van der Waals surface area contributed by atoms with E-state index in [1.807, 2.05) is 51.1 Å². The molecule has 53 heavy (non-hydrogen) atoms. The van der Waals surface area contributed by atoms with Crippen LogP contribution in [0.2, 0.25) is 0 Å². The summed E-state index contributed by atoms with van der Waals surface area (Å²) in [6.07, 6.45) is 4.62. The van der Waals surface area contributed by atoms with E-state index in [4.69, 9.17) is 9.72 Å². The number of anilines is 2. The number of amides is 3. The Bertz CT molecular complexity index is 1970. The molecule has 4 aromatic rings. The summed E-state index contributed by atoms with van der Waals surface area (Å²) in [7, 11) is 5.43. The van der Waals surface area contributed by atoms with Crippen LogP contribution in [0, 0.1) is 0 Å². The maximum atomic E-state index is 14.1. The van der Waals surface area contributed by atoms with Gasteiger partial charge in [-0.1, -0.05) is 30.3 Å². The van der Waals surface area contributed by atoms with E-state index in [0.29, 0.717) is 41.5 Å². The van der Waals surface area contributed by atoms with Gasteiger partial charge in [-0.3, -0.25) is 14.3 Å². The van der Waals surface area contributed by atoms with Crippen LogP contribution in [-0.4, -0.2) is 97.9 Å². The van der Waals surface area contributed by atoms with Crippen molar-refractivity contribution >= 4 is 29.5 Å². The molecular formula is C39H49N9O5. The number of benzene rings is 2. The van der Waals surface area contributed by atoms with Gasteiger partial charge in [0, 0.05) is 42.5 Å². The molecule has 3 heterocycles. The van der Waals surface area contributed by atoms with Crippen LogP contribution in [0.25, 0.3) is 11.4 Å². The highest BCUT2D eigenvalue weighted by atomic mass is 16.5. The molecule has 2 aromatic heterocycles. The van der Waals surface area contributed by atoms with Crippen molar-refractivity contribution in [3.8, 4) is 17.1 Å². The van der Waals surface area contributed by atoms with Gasteiger partial charge in [0.05, 0.1) is 30.2 Å². The van der Waals surface area contributed by atoms with Gasteiger partial charge in [-0.2, -0.15) is 5.10 Å². The van der Waals surface area contributed by atoms with E-state index in [-0.39, 0.29) is 24.2 Å². The molecule has 0 radical (unpaired) electrons. The van der Waals surface area contributed by atoms with Crippen molar-refractivity contribution in [1.29, 1.82) is 0 Å².